The smallest absolute Gasteiger partial charge is 0.337 e. The number of carbonyl (C=O) groups excluding carboxylic acids is 1. The van der Waals surface area contributed by atoms with Crippen molar-refractivity contribution in [2.45, 2.75) is 0 Å². The highest BCUT2D eigenvalue weighted by Crippen LogP contribution is 2.26. The maximum atomic E-state index is 12.4. The van der Waals surface area contributed by atoms with Gasteiger partial charge in [0.1, 0.15) is 0 Å². The van der Waals surface area contributed by atoms with Crippen molar-refractivity contribution in [3.05, 3.63) is 55.7 Å². The zero-order valence-corrected chi connectivity index (χ0v) is 21.5. The standard InChI is InChI=1S/C15H8I4N2O3S/c16-6-1-2-10(18)8(3-6)13(22)21-15(25)20-12-9(14(23)24)4-7(17)5-11(12)19/h1-5H,(H,23,24)(H2,20,21,22,25). The van der Waals surface area contributed by atoms with E-state index in [4.69, 9.17) is 12.2 Å². The Balaban J connectivity index is 2.22. The molecule has 3 N–H and O–H groups in total. The fourth-order valence-electron chi connectivity index (χ4n) is 1.86. The molecule has 0 unspecified atom stereocenters. The summed E-state index contributed by atoms with van der Waals surface area (Å²) >= 11 is 13.5. The van der Waals surface area contributed by atoms with Crippen LogP contribution in [0, 0.1) is 14.3 Å². The van der Waals surface area contributed by atoms with Crippen molar-refractivity contribution >= 4 is 125 Å². The number of aromatic carboxylic acids is 1. The van der Waals surface area contributed by atoms with Gasteiger partial charge >= 0.3 is 5.97 Å². The molecule has 0 aliphatic carbocycles. The van der Waals surface area contributed by atoms with Gasteiger partial charge < -0.3 is 10.4 Å². The molecule has 0 aliphatic rings. The first-order valence-electron chi connectivity index (χ1n) is 6.48. The number of nitrogens with one attached hydrogen (secondary N) is 2. The van der Waals surface area contributed by atoms with Gasteiger partial charge in [0.2, 0.25) is 0 Å². The minimum absolute atomic E-state index is 0.0429. The fraction of sp³-hybridized carbons (Fsp3) is 0. The lowest BCUT2D eigenvalue weighted by atomic mass is 10.2. The molecule has 1 amide bonds. The third-order valence-electron chi connectivity index (χ3n) is 2.92. The Morgan fingerprint density at radius 3 is 2.20 bits per heavy atom. The summed E-state index contributed by atoms with van der Waals surface area (Å²) in [6, 6.07) is 8.88. The van der Waals surface area contributed by atoms with E-state index < -0.39 is 5.97 Å². The number of carboxylic acids is 1. The van der Waals surface area contributed by atoms with Crippen LogP contribution < -0.4 is 10.6 Å². The van der Waals surface area contributed by atoms with Crippen LogP contribution in [0.2, 0.25) is 0 Å². The maximum Gasteiger partial charge on any atom is 0.337 e. The summed E-state index contributed by atoms with van der Waals surface area (Å²) in [5.74, 6) is -1.42. The van der Waals surface area contributed by atoms with Crippen LogP contribution in [0.5, 0.6) is 0 Å². The topological polar surface area (TPSA) is 78.4 Å². The van der Waals surface area contributed by atoms with E-state index in [0.717, 1.165) is 10.7 Å². The van der Waals surface area contributed by atoms with Crippen LogP contribution in [0.3, 0.4) is 0 Å². The van der Waals surface area contributed by atoms with Crippen molar-refractivity contribution in [2.24, 2.45) is 0 Å². The highest BCUT2D eigenvalue weighted by molar-refractivity contribution is 14.1. The average Bonchev–Trinajstić information content (AvgIpc) is 2.51. The molecule has 0 radical (unpaired) electrons. The third-order valence-corrected chi connectivity index (χ3v) is 6.21. The monoisotopic (exact) mass is 804 g/mol. The van der Waals surface area contributed by atoms with Gasteiger partial charge in [-0.05, 0) is 133 Å². The molecule has 0 aromatic heterocycles. The van der Waals surface area contributed by atoms with Crippen molar-refractivity contribution in [2.75, 3.05) is 5.32 Å². The van der Waals surface area contributed by atoms with E-state index in [1.54, 1.807) is 12.1 Å². The number of benzene rings is 2. The van der Waals surface area contributed by atoms with Crippen molar-refractivity contribution in [1.82, 2.24) is 5.32 Å². The first kappa shape index (κ1) is 21.5. The molecular formula is C15H8I4N2O3S. The van der Waals surface area contributed by atoms with Crippen LogP contribution in [0.4, 0.5) is 5.69 Å². The summed E-state index contributed by atoms with van der Waals surface area (Å²) in [5.41, 5.74) is 0.959. The molecule has 0 atom stereocenters. The Morgan fingerprint density at radius 1 is 0.920 bits per heavy atom. The third kappa shape index (κ3) is 5.83. The second-order valence-electron chi connectivity index (χ2n) is 4.65. The van der Waals surface area contributed by atoms with E-state index in [1.807, 2.05) is 63.4 Å². The largest absolute Gasteiger partial charge is 0.478 e. The van der Waals surface area contributed by atoms with Crippen molar-refractivity contribution in [3.8, 4) is 0 Å². The molecule has 2 aromatic rings. The van der Waals surface area contributed by atoms with Gasteiger partial charge in [-0.1, -0.05) is 0 Å². The van der Waals surface area contributed by atoms with Gasteiger partial charge in [-0.2, -0.15) is 0 Å². The van der Waals surface area contributed by atoms with Crippen molar-refractivity contribution in [1.29, 1.82) is 0 Å². The van der Waals surface area contributed by atoms with Crippen molar-refractivity contribution < 1.29 is 14.7 Å². The minimum Gasteiger partial charge on any atom is -0.478 e. The lowest BCUT2D eigenvalue weighted by Gasteiger charge is -2.14. The van der Waals surface area contributed by atoms with Gasteiger partial charge in [0.15, 0.2) is 5.11 Å². The first-order valence-corrected chi connectivity index (χ1v) is 11.2. The average molecular weight is 804 g/mol. The predicted octanol–water partition coefficient (Wildman–Crippen LogP) is 4.93. The molecule has 0 fully saturated rings. The molecule has 0 saturated carbocycles. The number of halogens is 4. The van der Waals surface area contributed by atoms with E-state index in [0.29, 0.717) is 14.8 Å². The Morgan fingerprint density at radius 2 is 1.56 bits per heavy atom. The minimum atomic E-state index is -1.07. The van der Waals surface area contributed by atoms with E-state index in [2.05, 4.69) is 55.8 Å². The molecule has 2 aromatic carbocycles. The molecule has 10 heteroatoms. The number of anilines is 1. The number of rotatable bonds is 3. The molecule has 130 valence electrons. The molecule has 0 saturated heterocycles. The molecule has 2 rings (SSSR count). The van der Waals surface area contributed by atoms with Crippen LogP contribution >= 0.6 is 103 Å². The van der Waals surface area contributed by atoms with E-state index in [-0.39, 0.29) is 16.6 Å². The summed E-state index contributed by atoms with van der Waals surface area (Å²) < 4.78 is 3.23. The quantitative estimate of drug-likeness (QED) is 0.304. The van der Waals surface area contributed by atoms with Crippen LogP contribution in [-0.4, -0.2) is 22.1 Å². The predicted molar refractivity (Wildman–Crippen MR) is 134 cm³/mol. The number of thiocarbonyl (C=S) groups is 1. The number of hydrogen-bond acceptors (Lipinski definition) is 3. The molecule has 0 bridgehead atoms. The molecule has 25 heavy (non-hydrogen) atoms. The number of amides is 1. The van der Waals surface area contributed by atoms with E-state index in [1.165, 1.54) is 0 Å². The van der Waals surface area contributed by atoms with E-state index in [9.17, 15) is 14.7 Å². The summed E-state index contributed by atoms with van der Waals surface area (Å²) in [4.78, 5) is 23.9. The van der Waals surface area contributed by atoms with Crippen LogP contribution in [0.1, 0.15) is 20.7 Å². The Hall–Kier alpha value is 0.190. The Bertz CT molecular complexity index is 889. The highest BCUT2D eigenvalue weighted by Gasteiger charge is 2.17. The molecule has 0 heterocycles. The van der Waals surface area contributed by atoms with Gasteiger partial charge in [0.25, 0.3) is 5.91 Å². The van der Waals surface area contributed by atoms with Gasteiger partial charge in [0.05, 0.1) is 16.8 Å². The molecular weight excluding hydrogens is 796 g/mol. The number of carboxylic acid groups (broad SMARTS) is 1. The molecule has 0 aliphatic heterocycles. The molecule has 0 spiro atoms. The second kappa shape index (κ2) is 9.41. The van der Waals surface area contributed by atoms with Crippen LogP contribution in [0.25, 0.3) is 0 Å². The lowest BCUT2D eigenvalue weighted by Crippen LogP contribution is -2.35. The second-order valence-corrected chi connectivity index (χ2v) is 9.87. The van der Waals surface area contributed by atoms with Gasteiger partial charge in [-0.25, -0.2) is 4.79 Å². The Labute approximate surface area is 203 Å². The summed E-state index contributed by atoms with van der Waals surface area (Å²) in [5, 5.41) is 14.8. The Kier molecular flexibility index (Phi) is 8.08. The number of hydrogen-bond donors (Lipinski definition) is 3. The van der Waals surface area contributed by atoms with Crippen LogP contribution in [0.15, 0.2) is 30.3 Å². The lowest BCUT2D eigenvalue weighted by molar-refractivity contribution is 0.0697. The normalized spacial score (nSPS) is 10.2. The van der Waals surface area contributed by atoms with Gasteiger partial charge in [-0.15, -0.1) is 0 Å². The fourth-order valence-corrected chi connectivity index (χ4v) is 5.10. The van der Waals surface area contributed by atoms with Crippen LogP contribution in [-0.2, 0) is 0 Å². The van der Waals surface area contributed by atoms with E-state index >= 15 is 0 Å². The first-order chi connectivity index (χ1) is 11.7. The van der Waals surface area contributed by atoms with Crippen molar-refractivity contribution in [3.63, 3.8) is 0 Å². The van der Waals surface area contributed by atoms with Gasteiger partial charge in [-0.3, -0.25) is 10.1 Å². The maximum absolute atomic E-state index is 12.4. The highest BCUT2D eigenvalue weighted by atomic mass is 127. The number of carbonyl (C=O) groups is 2. The summed E-state index contributed by atoms with van der Waals surface area (Å²) in [6.45, 7) is 0. The van der Waals surface area contributed by atoms with Gasteiger partial charge in [0, 0.05) is 14.3 Å². The zero-order valence-electron chi connectivity index (χ0n) is 12.1. The molecule has 5 nitrogen and oxygen atoms in total. The summed E-state index contributed by atoms with van der Waals surface area (Å²) in [7, 11) is 0. The zero-order chi connectivity index (χ0) is 18.7. The summed E-state index contributed by atoms with van der Waals surface area (Å²) in [6.07, 6.45) is 0. The SMILES string of the molecule is O=C(NC(=S)Nc1c(I)cc(I)cc1C(=O)O)c1cc(I)ccc1I.